The van der Waals surface area contributed by atoms with E-state index in [1.807, 2.05) is 0 Å². The predicted octanol–water partition coefficient (Wildman–Crippen LogP) is 3.93. The van der Waals surface area contributed by atoms with Gasteiger partial charge < -0.3 is 15.3 Å². The maximum Gasteiger partial charge on any atom is 0.287 e. The molecule has 2 aromatic rings. The number of aryl methyl sites for hydroxylation is 1. The Labute approximate surface area is 229 Å². The number of amidine groups is 1. The Morgan fingerprint density at radius 2 is 1.92 bits per heavy atom. The summed E-state index contributed by atoms with van der Waals surface area (Å²) in [5.41, 5.74) is 0.0813. The van der Waals surface area contributed by atoms with Crippen LogP contribution >= 0.6 is 11.3 Å². The van der Waals surface area contributed by atoms with Gasteiger partial charge >= 0.3 is 0 Å². The van der Waals surface area contributed by atoms with Crippen LogP contribution in [0.4, 0.5) is 13.8 Å². The Morgan fingerprint density at radius 1 is 1.18 bits per heavy atom. The lowest BCUT2D eigenvalue weighted by atomic mass is 9.84. The lowest BCUT2D eigenvalue weighted by Gasteiger charge is -2.41. The zero-order valence-electron chi connectivity index (χ0n) is 21.0. The average molecular weight is 600 g/mol. The van der Waals surface area contributed by atoms with Crippen LogP contribution in [0.3, 0.4) is 0 Å². The summed E-state index contributed by atoms with van der Waals surface area (Å²) < 4.78 is 81.7. The molecule has 0 saturated heterocycles. The van der Waals surface area contributed by atoms with Gasteiger partial charge in [-0.3, -0.25) is 4.79 Å². The molecule has 5 rings (SSSR count). The Morgan fingerprint density at radius 3 is 2.64 bits per heavy atom. The number of carbonyl (C=O) groups is 1. The van der Waals surface area contributed by atoms with Crippen molar-refractivity contribution >= 4 is 47.9 Å². The minimum absolute atomic E-state index is 0.0237. The number of nitrogens with one attached hydrogen (secondary N) is 1. The van der Waals surface area contributed by atoms with Gasteiger partial charge in [0, 0.05) is 36.4 Å². The summed E-state index contributed by atoms with van der Waals surface area (Å²) in [6, 6.07) is 2.65. The number of fused-ring (bicyclic) bond motifs is 2. The van der Waals surface area contributed by atoms with Crippen molar-refractivity contribution < 1.29 is 35.5 Å². The van der Waals surface area contributed by atoms with Gasteiger partial charge in [0.25, 0.3) is 15.9 Å². The minimum atomic E-state index is -4.34. The van der Waals surface area contributed by atoms with Crippen LogP contribution in [0.1, 0.15) is 43.2 Å². The molecule has 1 aromatic carbocycles. The van der Waals surface area contributed by atoms with Crippen LogP contribution in [0.25, 0.3) is 0 Å². The summed E-state index contributed by atoms with van der Waals surface area (Å²) in [5.74, 6) is -3.63. The number of hydrogen-bond acceptors (Lipinski definition) is 8. The van der Waals surface area contributed by atoms with Crippen molar-refractivity contribution in [2.24, 2.45) is 10.3 Å². The van der Waals surface area contributed by atoms with Gasteiger partial charge in [-0.05, 0) is 36.3 Å². The van der Waals surface area contributed by atoms with Crippen LogP contribution in [0.5, 0.6) is 0 Å². The quantitative estimate of drug-likeness (QED) is 0.514. The maximum atomic E-state index is 14.6. The van der Waals surface area contributed by atoms with Crippen LogP contribution in [-0.2, 0) is 37.6 Å². The molecule has 1 aliphatic carbocycles. The molecule has 2 unspecified atom stereocenters. The van der Waals surface area contributed by atoms with Crippen molar-refractivity contribution in [2.75, 3.05) is 17.3 Å². The number of hydrogen-bond donors (Lipinski definition) is 2. The van der Waals surface area contributed by atoms with Crippen LogP contribution in [0.15, 0.2) is 44.2 Å². The predicted molar refractivity (Wildman–Crippen MR) is 143 cm³/mol. The van der Waals surface area contributed by atoms with E-state index in [2.05, 4.69) is 9.71 Å². The zero-order valence-corrected chi connectivity index (χ0v) is 23.4. The van der Waals surface area contributed by atoms with E-state index in [-0.39, 0.29) is 51.3 Å². The number of nitrogens with zero attached hydrogens (tertiary/aromatic N) is 2. The molecule has 1 amide bonds. The fraction of sp³-hybridized carbons (Fsp3) is 0.440. The Balaban J connectivity index is 1.54. The molecule has 1 saturated carbocycles. The molecule has 0 bridgehead atoms. The average Bonchev–Trinajstić information content (AvgIpc) is 3.10. The minimum Gasteiger partial charge on any atom is -0.511 e. The lowest BCUT2D eigenvalue weighted by molar-refractivity contribution is -0.132. The number of sulfonamides is 1. The highest BCUT2D eigenvalue weighted by atomic mass is 32.2. The highest BCUT2D eigenvalue weighted by Gasteiger charge is 2.45. The number of aliphatic hydroxyl groups excluding tert-OH is 1. The van der Waals surface area contributed by atoms with Crippen molar-refractivity contribution in [3.63, 3.8) is 0 Å². The number of anilines is 1. The van der Waals surface area contributed by atoms with E-state index >= 15 is 0 Å². The van der Waals surface area contributed by atoms with Gasteiger partial charge in [-0.2, -0.15) is 8.42 Å². The third kappa shape index (κ3) is 5.46. The molecule has 210 valence electrons. The number of aliphatic hydroxyl groups is 1. The van der Waals surface area contributed by atoms with Crippen LogP contribution < -0.4 is 5.32 Å². The second-order valence-electron chi connectivity index (χ2n) is 10.1. The van der Waals surface area contributed by atoms with E-state index in [1.54, 1.807) is 0 Å². The number of carbonyl (C=O) groups excluding carboxylic acids is 1. The van der Waals surface area contributed by atoms with Crippen molar-refractivity contribution in [1.82, 2.24) is 4.90 Å². The van der Waals surface area contributed by atoms with Crippen LogP contribution in [0, 0.1) is 17.6 Å². The lowest BCUT2D eigenvalue weighted by Crippen LogP contribution is -2.51. The Hall–Kier alpha value is -2.84. The summed E-state index contributed by atoms with van der Waals surface area (Å²) in [6.45, 7) is -0.192. The molecule has 39 heavy (non-hydrogen) atoms. The molecule has 2 N–H and O–H groups in total. The molecule has 9 nitrogen and oxygen atoms in total. The third-order valence-corrected chi connectivity index (χ3v) is 10.7. The van der Waals surface area contributed by atoms with E-state index in [4.69, 9.17) is 0 Å². The molecule has 3 aliphatic rings. The summed E-state index contributed by atoms with van der Waals surface area (Å²) in [5, 5.41) is 15.9. The molecule has 3 heterocycles. The number of benzene rings is 1. The van der Waals surface area contributed by atoms with Gasteiger partial charge in [0.1, 0.15) is 42.7 Å². The summed E-state index contributed by atoms with van der Waals surface area (Å²) in [4.78, 5) is 15.1. The monoisotopic (exact) mass is 599 g/mol. The number of thiophene rings is 1. The molecule has 0 spiro atoms. The third-order valence-electron chi connectivity index (χ3n) is 7.31. The summed E-state index contributed by atoms with van der Waals surface area (Å²) in [7, 11) is -7.69. The van der Waals surface area contributed by atoms with Crippen molar-refractivity contribution in [3.8, 4) is 0 Å². The smallest absolute Gasteiger partial charge is 0.287 e. The zero-order chi connectivity index (χ0) is 28.1. The molecule has 0 radical (unpaired) electrons. The first-order valence-corrected chi connectivity index (χ1v) is 16.8. The van der Waals surface area contributed by atoms with Gasteiger partial charge in [-0.15, -0.1) is 15.7 Å². The number of rotatable bonds is 6. The topological polar surface area (TPSA) is 133 Å². The fourth-order valence-electron chi connectivity index (χ4n) is 5.44. The van der Waals surface area contributed by atoms with Crippen LogP contribution in [0.2, 0.25) is 0 Å². The first-order valence-electron chi connectivity index (χ1n) is 12.4. The van der Waals surface area contributed by atoms with E-state index in [0.717, 1.165) is 49.0 Å². The molecule has 1 fully saturated rings. The normalized spacial score (nSPS) is 23.0. The molecular formula is C25H27F2N3O6S3. The second-order valence-corrected chi connectivity index (χ2v) is 14.8. The molecule has 2 aliphatic heterocycles. The number of sulfone groups is 1. The van der Waals surface area contributed by atoms with Crippen molar-refractivity contribution in [3.05, 3.63) is 57.7 Å². The van der Waals surface area contributed by atoms with E-state index in [0.29, 0.717) is 18.4 Å². The largest absolute Gasteiger partial charge is 0.511 e. The van der Waals surface area contributed by atoms with Gasteiger partial charge in [-0.1, -0.05) is 25.3 Å². The van der Waals surface area contributed by atoms with Gasteiger partial charge in [-0.25, -0.2) is 17.2 Å². The van der Waals surface area contributed by atoms with E-state index in [1.165, 1.54) is 16.3 Å². The van der Waals surface area contributed by atoms with Gasteiger partial charge in [0.15, 0.2) is 5.84 Å². The maximum absolute atomic E-state index is 14.6. The second kappa shape index (κ2) is 10.3. The molecular weight excluding hydrogens is 572 g/mol. The first-order chi connectivity index (χ1) is 18.4. The molecule has 1 aromatic heterocycles. The van der Waals surface area contributed by atoms with Crippen molar-refractivity contribution in [1.29, 1.82) is 0 Å². The van der Waals surface area contributed by atoms with E-state index in [9.17, 15) is 35.5 Å². The van der Waals surface area contributed by atoms with E-state index < -0.39 is 49.4 Å². The molecule has 2 atom stereocenters. The number of amides is 1. The fourth-order valence-corrected chi connectivity index (χ4v) is 8.70. The first kappa shape index (κ1) is 27.7. The molecule has 14 heteroatoms. The van der Waals surface area contributed by atoms with Gasteiger partial charge in [0.2, 0.25) is 0 Å². The Kier molecular flexibility index (Phi) is 7.31. The highest BCUT2D eigenvalue weighted by Crippen LogP contribution is 2.42. The summed E-state index contributed by atoms with van der Waals surface area (Å²) >= 11 is 1.03. The highest BCUT2D eigenvalue weighted by molar-refractivity contribution is 7.91. The van der Waals surface area contributed by atoms with Gasteiger partial charge in [0.05, 0.1) is 5.75 Å². The van der Waals surface area contributed by atoms with Crippen LogP contribution in [-0.4, -0.2) is 56.6 Å². The summed E-state index contributed by atoms with van der Waals surface area (Å²) in [6.07, 6.45) is 4.59. The SMILES string of the molecule is CS(=O)(=O)CCc1csc2c1S(=O)(=O)N=C(C1=C(O)C3CCCCCC3N(Cc3ccc(F)cc3F)C1=O)N2. The standard InChI is InChI=1S/C25H27F2N3O6S3/c1-38(33,34)10-9-15-13-37-24-22(15)39(35,36)29-23(28-24)20-21(31)17-5-3-2-4-6-19(17)30(25(20)32)12-14-7-8-16(26)11-18(14)27/h7-8,11,13,17,19,31H,2-6,9-10,12H2,1H3,(H,28,29). The van der Waals surface area contributed by atoms with Crippen molar-refractivity contribution in [2.45, 2.75) is 56.0 Å². The Bertz CT molecular complexity index is 1610. The number of halogens is 2.